The van der Waals surface area contributed by atoms with Gasteiger partial charge in [0.2, 0.25) is 5.91 Å². The molecule has 2 rings (SSSR count). The maximum absolute atomic E-state index is 12.7. The lowest BCUT2D eigenvalue weighted by Crippen LogP contribution is -2.44. The topological polar surface area (TPSA) is 40.5 Å². The van der Waals surface area contributed by atoms with Gasteiger partial charge >= 0.3 is 0 Å². The predicted molar refractivity (Wildman–Crippen MR) is 80.1 cm³/mol. The van der Waals surface area contributed by atoms with E-state index >= 15 is 0 Å². The Morgan fingerprint density at radius 2 is 2.00 bits per heavy atom. The van der Waals surface area contributed by atoms with E-state index in [9.17, 15) is 9.90 Å². The van der Waals surface area contributed by atoms with Gasteiger partial charge in [-0.2, -0.15) is 0 Å². The van der Waals surface area contributed by atoms with Crippen LogP contribution in [0.25, 0.3) is 0 Å². The third-order valence-electron chi connectivity index (χ3n) is 4.15. The van der Waals surface area contributed by atoms with Crippen LogP contribution in [0.2, 0.25) is 0 Å². The van der Waals surface area contributed by atoms with Crippen LogP contribution in [0.3, 0.4) is 0 Å². The van der Waals surface area contributed by atoms with Crippen molar-refractivity contribution >= 4 is 5.91 Å². The molecule has 0 spiro atoms. The van der Waals surface area contributed by atoms with Gasteiger partial charge in [0.05, 0.1) is 11.5 Å². The fraction of sp³-hybridized carbons (Fsp3) is 0.471. The number of rotatable bonds is 5. The molecule has 3 nitrogen and oxygen atoms in total. The molecule has 0 saturated carbocycles. The molecule has 1 amide bonds. The quantitative estimate of drug-likeness (QED) is 0.838. The molecular weight excluding hydrogens is 250 g/mol. The highest BCUT2D eigenvalue weighted by Gasteiger charge is 2.40. The van der Waals surface area contributed by atoms with E-state index in [0.29, 0.717) is 6.42 Å². The lowest BCUT2D eigenvalue weighted by molar-refractivity contribution is -0.144. The Morgan fingerprint density at radius 1 is 1.40 bits per heavy atom. The molecule has 108 valence electrons. The minimum absolute atomic E-state index is 0.0382. The molecular formula is C17H23NO2. The number of carbonyl (C=O) groups is 1. The number of amides is 1. The number of hydrogen-bond donors (Lipinski definition) is 1. The predicted octanol–water partition coefficient (Wildman–Crippen LogP) is 2.71. The third kappa shape index (κ3) is 2.93. The number of likely N-dealkylation sites (tertiary alicyclic amines) is 1. The largest absolute Gasteiger partial charge is 0.385 e. The van der Waals surface area contributed by atoms with Crippen molar-refractivity contribution in [2.75, 3.05) is 13.1 Å². The highest BCUT2D eigenvalue weighted by Crippen LogP contribution is 2.34. The smallest absolute Gasteiger partial charge is 0.229 e. The van der Waals surface area contributed by atoms with Crippen molar-refractivity contribution in [3.8, 4) is 0 Å². The van der Waals surface area contributed by atoms with E-state index in [1.807, 2.05) is 35.2 Å². The van der Waals surface area contributed by atoms with Gasteiger partial charge in [-0.3, -0.25) is 4.79 Å². The van der Waals surface area contributed by atoms with E-state index in [1.165, 1.54) is 0 Å². The highest BCUT2D eigenvalue weighted by molar-refractivity contribution is 5.80. The molecule has 1 aliphatic heterocycles. The summed E-state index contributed by atoms with van der Waals surface area (Å²) in [4.78, 5) is 14.5. The number of aliphatic hydroxyl groups is 1. The van der Waals surface area contributed by atoms with E-state index in [1.54, 1.807) is 13.0 Å². The van der Waals surface area contributed by atoms with Crippen LogP contribution in [0.4, 0.5) is 0 Å². The van der Waals surface area contributed by atoms with E-state index < -0.39 is 11.5 Å². The van der Waals surface area contributed by atoms with E-state index in [4.69, 9.17) is 0 Å². The van der Waals surface area contributed by atoms with Crippen molar-refractivity contribution in [3.63, 3.8) is 0 Å². The first-order valence-corrected chi connectivity index (χ1v) is 7.25. The first-order chi connectivity index (χ1) is 9.57. The molecule has 2 atom stereocenters. The molecule has 0 unspecified atom stereocenters. The van der Waals surface area contributed by atoms with Gasteiger partial charge in [-0.25, -0.2) is 0 Å². The summed E-state index contributed by atoms with van der Waals surface area (Å²) in [7, 11) is 0. The lowest BCUT2D eigenvalue weighted by atomic mass is 9.80. The second-order valence-corrected chi connectivity index (χ2v) is 5.62. The summed E-state index contributed by atoms with van der Waals surface area (Å²) in [6.45, 7) is 7.07. The number of nitrogens with zero attached hydrogens (tertiary/aromatic N) is 1. The molecule has 1 aliphatic rings. The van der Waals surface area contributed by atoms with Gasteiger partial charge in [-0.15, -0.1) is 6.58 Å². The first kappa shape index (κ1) is 14.8. The van der Waals surface area contributed by atoms with Crippen molar-refractivity contribution in [2.24, 2.45) is 5.92 Å². The molecule has 20 heavy (non-hydrogen) atoms. The fourth-order valence-corrected chi connectivity index (χ4v) is 2.87. The SMILES string of the molecule is C=CC[C@H](C(=O)N1CCCC1)[C@](C)(O)c1ccccc1. The summed E-state index contributed by atoms with van der Waals surface area (Å²) < 4.78 is 0. The van der Waals surface area contributed by atoms with Gasteiger partial charge in [-0.1, -0.05) is 36.4 Å². The Labute approximate surface area is 120 Å². The van der Waals surface area contributed by atoms with Crippen molar-refractivity contribution < 1.29 is 9.90 Å². The molecule has 0 aromatic heterocycles. The molecule has 3 heteroatoms. The average Bonchev–Trinajstić information content (AvgIpc) is 2.99. The van der Waals surface area contributed by atoms with E-state index in [2.05, 4.69) is 6.58 Å². The third-order valence-corrected chi connectivity index (χ3v) is 4.15. The van der Waals surface area contributed by atoms with Gasteiger partial charge in [-0.05, 0) is 31.7 Å². The number of allylic oxidation sites excluding steroid dienone is 1. The van der Waals surface area contributed by atoms with Crippen LogP contribution >= 0.6 is 0 Å². The average molecular weight is 273 g/mol. The second-order valence-electron chi connectivity index (χ2n) is 5.62. The Balaban J connectivity index is 2.26. The number of benzene rings is 1. The summed E-state index contributed by atoms with van der Waals surface area (Å²) in [5.41, 5.74) is -0.394. The highest BCUT2D eigenvalue weighted by atomic mass is 16.3. The van der Waals surface area contributed by atoms with Crippen LogP contribution in [0.1, 0.15) is 31.7 Å². The Hall–Kier alpha value is -1.61. The van der Waals surface area contributed by atoms with E-state index in [0.717, 1.165) is 31.5 Å². The maximum atomic E-state index is 12.7. The summed E-state index contributed by atoms with van der Waals surface area (Å²) in [6.07, 6.45) is 4.31. The molecule has 1 aromatic carbocycles. The number of hydrogen-bond acceptors (Lipinski definition) is 2. The van der Waals surface area contributed by atoms with Crippen molar-refractivity contribution in [1.29, 1.82) is 0 Å². The minimum Gasteiger partial charge on any atom is -0.385 e. The zero-order chi connectivity index (χ0) is 14.6. The lowest BCUT2D eigenvalue weighted by Gasteiger charge is -2.34. The Morgan fingerprint density at radius 3 is 2.55 bits per heavy atom. The van der Waals surface area contributed by atoms with Crippen LogP contribution in [0.15, 0.2) is 43.0 Å². The molecule has 0 bridgehead atoms. The molecule has 0 aliphatic carbocycles. The van der Waals surface area contributed by atoms with Gasteiger partial charge in [0.1, 0.15) is 0 Å². The summed E-state index contributed by atoms with van der Waals surface area (Å²) in [5.74, 6) is -0.434. The molecule has 1 saturated heterocycles. The van der Waals surface area contributed by atoms with Crippen LogP contribution in [0, 0.1) is 5.92 Å². The van der Waals surface area contributed by atoms with Crippen LogP contribution < -0.4 is 0 Å². The van der Waals surface area contributed by atoms with Gasteiger partial charge in [0, 0.05) is 13.1 Å². The van der Waals surface area contributed by atoms with Crippen LogP contribution in [-0.4, -0.2) is 29.0 Å². The van der Waals surface area contributed by atoms with Crippen molar-refractivity contribution in [1.82, 2.24) is 4.90 Å². The molecule has 1 N–H and O–H groups in total. The monoisotopic (exact) mass is 273 g/mol. The van der Waals surface area contributed by atoms with Crippen LogP contribution in [0.5, 0.6) is 0 Å². The Kier molecular flexibility index (Phi) is 4.61. The van der Waals surface area contributed by atoms with Gasteiger partial charge in [0.25, 0.3) is 0 Å². The normalized spacial score (nSPS) is 19.4. The molecule has 1 fully saturated rings. The van der Waals surface area contributed by atoms with Crippen molar-refractivity contribution in [3.05, 3.63) is 48.6 Å². The van der Waals surface area contributed by atoms with E-state index in [-0.39, 0.29) is 5.91 Å². The standard InChI is InChI=1S/C17H23NO2/c1-3-9-15(16(19)18-12-7-8-13-18)17(2,20)14-10-5-4-6-11-14/h3-6,10-11,15,20H,1,7-9,12-13H2,2H3/t15-,17-/m1/s1. The fourth-order valence-electron chi connectivity index (χ4n) is 2.87. The van der Waals surface area contributed by atoms with Gasteiger partial charge in [0.15, 0.2) is 0 Å². The number of carbonyl (C=O) groups excluding carboxylic acids is 1. The second kappa shape index (κ2) is 6.23. The Bertz CT molecular complexity index is 461. The van der Waals surface area contributed by atoms with Crippen molar-refractivity contribution in [2.45, 2.75) is 31.8 Å². The molecule has 1 heterocycles. The molecule has 0 radical (unpaired) electrons. The summed E-state index contributed by atoms with van der Waals surface area (Å²) in [5, 5.41) is 10.9. The maximum Gasteiger partial charge on any atom is 0.229 e. The summed E-state index contributed by atoms with van der Waals surface area (Å²) in [6, 6.07) is 9.41. The zero-order valence-corrected chi connectivity index (χ0v) is 12.1. The zero-order valence-electron chi connectivity index (χ0n) is 12.1. The minimum atomic E-state index is -1.17. The summed E-state index contributed by atoms with van der Waals surface area (Å²) >= 11 is 0. The van der Waals surface area contributed by atoms with Gasteiger partial charge < -0.3 is 10.0 Å². The van der Waals surface area contributed by atoms with Crippen LogP contribution in [-0.2, 0) is 10.4 Å². The first-order valence-electron chi connectivity index (χ1n) is 7.25. The molecule has 1 aromatic rings.